The molecule has 0 saturated heterocycles. The molecule has 0 aliphatic heterocycles. The molecule has 0 fully saturated rings. The Labute approximate surface area is 131 Å². The lowest BCUT2D eigenvalue weighted by atomic mass is 10.1. The van der Waals surface area contributed by atoms with Crippen molar-refractivity contribution in [3.63, 3.8) is 0 Å². The van der Waals surface area contributed by atoms with Crippen molar-refractivity contribution in [3.05, 3.63) is 17.8 Å². The smallest absolute Gasteiger partial charge is 0.272 e. The number of nitrogens with two attached hydrogens (primary N) is 1. The molecule has 0 aromatic carbocycles. The Morgan fingerprint density at radius 1 is 1.32 bits per heavy atom. The highest BCUT2D eigenvalue weighted by atomic mass is 16.2. The van der Waals surface area contributed by atoms with Gasteiger partial charge >= 0.3 is 0 Å². The Bertz CT molecular complexity index is 680. The highest BCUT2D eigenvalue weighted by Gasteiger charge is 2.25. The molecule has 0 aliphatic carbocycles. The molecule has 0 bridgehead atoms. The summed E-state index contributed by atoms with van der Waals surface area (Å²) in [5.41, 5.74) is 6.55. The first kappa shape index (κ1) is 16.3. The van der Waals surface area contributed by atoms with E-state index < -0.39 is 0 Å². The van der Waals surface area contributed by atoms with Gasteiger partial charge in [-0.2, -0.15) is 5.10 Å². The van der Waals surface area contributed by atoms with Gasteiger partial charge in [-0.1, -0.05) is 13.8 Å². The summed E-state index contributed by atoms with van der Waals surface area (Å²) in [5.74, 6) is 0.262. The molecule has 2 rings (SSSR count). The zero-order valence-electron chi connectivity index (χ0n) is 14.0. The van der Waals surface area contributed by atoms with E-state index in [0.717, 1.165) is 18.2 Å². The molecule has 3 N–H and O–H groups in total. The van der Waals surface area contributed by atoms with E-state index in [2.05, 4.69) is 29.2 Å². The maximum absolute atomic E-state index is 12.6. The number of pyridine rings is 1. The van der Waals surface area contributed by atoms with Crippen LogP contribution in [-0.4, -0.2) is 26.7 Å². The fourth-order valence-corrected chi connectivity index (χ4v) is 2.39. The van der Waals surface area contributed by atoms with Crippen LogP contribution in [0, 0.1) is 0 Å². The quantitative estimate of drug-likeness (QED) is 0.909. The number of hydrogen-bond donors (Lipinski definition) is 2. The van der Waals surface area contributed by atoms with Gasteiger partial charge < -0.3 is 11.1 Å². The monoisotopic (exact) mass is 303 g/mol. The number of rotatable bonds is 4. The number of aromatic nitrogens is 3. The summed E-state index contributed by atoms with van der Waals surface area (Å²) < 4.78 is 1.76. The number of hydrogen-bond acceptors (Lipinski definition) is 4. The fourth-order valence-electron chi connectivity index (χ4n) is 2.39. The first-order valence-electron chi connectivity index (χ1n) is 7.74. The highest BCUT2D eigenvalue weighted by Crippen LogP contribution is 2.24. The summed E-state index contributed by atoms with van der Waals surface area (Å²) in [7, 11) is 0. The van der Waals surface area contributed by atoms with E-state index in [9.17, 15) is 4.79 Å². The van der Waals surface area contributed by atoms with E-state index in [1.165, 1.54) is 0 Å². The Hall–Kier alpha value is -2.11. The molecular weight excluding hydrogens is 278 g/mol. The summed E-state index contributed by atoms with van der Waals surface area (Å²) in [6, 6.07) is 3.67. The molecular formula is C16H25N5O. The second kappa shape index (κ2) is 5.94. The summed E-state index contributed by atoms with van der Waals surface area (Å²) in [6.07, 6.45) is 1.79. The van der Waals surface area contributed by atoms with Crippen molar-refractivity contribution < 1.29 is 4.79 Å². The molecule has 0 spiro atoms. The van der Waals surface area contributed by atoms with E-state index >= 15 is 0 Å². The number of nitrogen functional groups attached to an aromatic ring is 1. The Morgan fingerprint density at radius 3 is 2.50 bits per heavy atom. The SMILES string of the molecule is CCC(CC)NC(=O)c1nn(C(C)(C)C)c2nc(N)ccc12. The molecule has 0 radical (unpaired) electrons. The fraction of sp³-hybridized carbons (Fsp3) is 0.562. The van der Waals surface area contributed by atoms with Crippen LogP contribution in [0.3, 0.4) is 0 Å². The second-order valence-corrected chi connectivity index (χ2v) is 6.53. The standard InChI is InChI=1S/C16H25N5O/c1-6-10(7-2)18-15(22)13-11-8-9-12(17)19-14(11)21(20-13)16(3,4)5/h8-10H,6-7H2,1-5H3,(H2,17,19)(H,18,22). The lowest BCUT2D eigenvalue weighted by Gasteiger charge is -2.19. The molecule has 0 atom stereocenters. The summed E-state index contributed by atoms with van der Waals surface area (Å²) in [4.78, 5) is 16.9. The van der Waals surface area contributed by atoms with E-state index in [1.54, 1.807) is 10.7 Å². The van der Waals surface area contributed by atoms with Crippen LogP contribution < -0.4 is 11.1 Å². The Balaban J connectivity index is 2.53. The van der Waals surface area contributed by atoms with Crippen LogP contribution in [0.5, 0.6) is 0 Å². The van der Waals surface area contributed by atoms with Gasteiger partial charge in [0.25, 0.3) is 5.91 Å². The Morgan fingerprint density at radius 2 is 1.95 bits per heavy atom. The molecule has 1 amide bonds. The van der Waals surface area contributed by atoms with Gasteiger partial charge in [0.05, 0.1) is 10.9 Å². The number of carbonyl (C=O) groups excluding carboxylic acids is 1. The van der Waals surface area contributed by atoms with E-state index in [4.69, 9.17) is 5.73 Å². The van der Waals surface area contributed by atoms with Gasteiger partial charge in [0.1, 0.15) is 5.82 Å². The molecule has 2 heterocycles. The zero-order chi connectivity index (χ0) is 16.5. The number of carbonyl (C=O) groups is 1. The number of fused-ring (bicyclic) bond motifs is 1. The molecule has 120 valence electrons. The minimum absolute atomic E-state index is 0.157. The van der Waals surface area contributed by atoms with Gasteiger partial charge in [-0.15, -0.1) is 0 Å². The molecule has 22 heavy (non-hydrogen) atoms. The van der Waals surface area contributed by atoms with Crippen molar-refractivity contribution in [3.8, 4) is 0 Å². The minimum atomic E-state index is -0.285. The average molecular weight is 303 g/mol. The average Bonchev–Trinajstić information content (AvgIpc) is 2.83. The molecule has 6 heteroatoms. The van der Waals surface area contributed by atoms with E-state index in [1.807, 2.05) is 26.8 Å². The third kappa shape index (κ3) is 3.05. The van der Waals surface area contributed by atoms with Crippen LogP contribution in [0.4, 0.5) is 5.82 Å². The highest BCUT2D eigenvalue weighted by molar-refractivity contribution is 6.04. The van der Waals surface area contributed by atoms with Crippen molar-refractivity contribution in [1.29, 1.82) is 0 Å². The predicted octanol–water partition coefficient (Wildman–Crippen LogP) is 2.69. The van der Waals surface area contributed by atoms with Gasteiger partial charge in [0.2, 0.25) is 0 Å². The van der Waals surface area contributed by atoms with Gasteiger partial charge in [-0.25, -0.2) is 9.67 Å². The number of nitrogens with one attached hydrogen (secondary N) is 1. The molecule has 0 aliphatic rings. The normalized spacial score (nSPS) is 12.1. The van der Waals surface area contributed by atoms with E-state index in [0.29, 0.717) is 17.2 Å². The van der Waals surface area contributed by atoms with Crippen LogP contribution in [0.15, 0.2) is 12.1 Å². The van der Waals surface area contributed by atoms with E-state index in [-0.39, 0.29) is 17.5 Å². The number of amides is 1. The van der Waals surface area contributed by atoms with Gasteiger partial charge in [-0.3, -0.25) is 4.79 Å². The summed E-state index contributed by atoms with van der Waals surface area (Å²) >= 11 is 0. The lowest BCUT2D eigenvalue weighted by molar-refractivity contribution is 0.0929. The van der Waals surface area contributed by atoms with Crippen molar-refractivity contribution >= 4 is 22.8 Å². The third-order valence-electron chi connectivity index (χ3n) is 3.72. The first-order chi connectivity index (χ1) is 10.3. The maximum atomic E-state index is 12.6. The van der Waals surface area contributed by atoms with Crippen LogP contribution in [-0.2, 0) is 5.54 Å². The predicted molar refractivity (Wildman–Crippen MR) is 88.8 cm³/mol. The topological polar surface area (TPSA) is 85.8 Å². The second-order valence-electron chi connectivity index (χ2n) is 6.53. The van der Waals surface area contributed by atoms with Crippen LogP contribution >= 0.6 is 0 Å². The van der Waals surface area contributed by atoms with Gasteiger partial charge in [-0.05, 0) is 45.7 Å². The lowest BCUT2D eigenvalue weighted by Crippen LogP contribution is -2.34. The minimum Gasteiger partial charge on any atom is -0.384 e. The number of anilines is 1. The molecule has 2 aromatic heterocycles. The van der Waals surface area contributed by atoms with Crippen LogP contribution in [0.2, 0.25) is 0 Å². The third-order valence-corrected chi connectivity index (χ3v) is 3.72. The Kier molecular flexibility index (Phi) is 4.39. The largest absolute Gasteiger partial charge is 0.384 e. The van der Waals surface area contributed by atoms with Crippen molar-refractivity contribution in [1.82, 2.24) is 20.1 Å². The maximum Gasteiger partial charge on any atom is 0.272 e. The zero-order valence-corrected chi connectivity index (χ0v) is 14.0. The molecule has 6 nitrogen and oxygen atoms in total. The van der Waals surface area contributed by atoms with Crippen LogP contribution in [0.1, 0.15) is 57.9 Å². The van der Waals surface area contributed by atoms with Crippen molar-refractivity contribution in [2.75, 3.05) is 5.73 Å². The summed E-state index contributed by atoms with van der Waals surface area (Å²) in [5, 5.41) is 8.27. The number of nitrogens with zero attached hydrogens (tertiary/aromatic N) is 3. The molecule has 0 saturated carbocycles. The van der Waals surface area contributed by atoms with Gasteiger partial charge in [0.15, 0.2) is 11.3 Å². The first-order valence-corrected chi connectivity index (χ1v) is 7.74. The van der Waals surface area contributed by atoms with Gasteiger partial charge in [0, 0.05) is 6.04 Å². The van der Waals surface area contributed by atoms with Crippen LogP contribution in [0.25, 0.3) is 11.0 Å². The van der Waals surface area contributed by atoms with Crippen molar-refractivity contribution in [2.45, 2.75) is 59.0 Å². The van der Waals surface area contributed by atoms with Crippen molar-refractivity contribution in [2.24, 2.45) is 0 Å². The summed E-state index contributed by atoms with van der Waals surface area (Å²) in [6.45, 7) is 10.2. The molecule has 2 aromatic rings. The molecule has 0 unspecified atom stereocenters.